The smallest absolute Gasteiger partial charge is 0.267 e. The van der Waals surface area contributed by atoms with E-state index >= 15 is 0 Å². The van der Waals surface area contributed by atoms with Crippen molar-refractivity contribution in [2.24, 2.45) is 0 Å². The lowest BCUT2D eigenvalue weighted by Crippen LogP contribution is -2.15. The van der Waals surface area contributed by atoms with Crippen LogP contribution in [0.4, 0.5) is 11.4 Å². The maximum atomic E-state index is 12.3. The van der Waals surface area contributed by atoms with Crippen LogP contribution in [0.5, 0.6) is 0 Å². The van der Waals surface area contributed by atoms with Gasteiger partial charge in [0.05, 0.1) is 5.69 Å². The molecule has 2 aromatic carbocycles. The van der Waals surface area contributed by atoms with Crippen LogP contribution in [0, 0.1) is 28.7 Å². The van der Waals surface area contributed by atoms with Crippen LogP contribution in [-0.2, 0) is 4.79 Å². The van der Waals surface area contributed by atoms with Gasteiger partial charge in [-0.3, -0.25) is 4.79 Å². The number of carbonyl (C=O) groups is 1. The van der Waals surface area contributed by atoms with Gasteiger partial charge in [0.2, 0.25) is 0 Å². The number of nitriles is 1. The molecule has 4 nitrogen and oxygen atoms in total. The molecule has 122 valence electrons. The molecule has 0 spiro atoms. The van der Waals surface area contributed by atoms with Crippen molar-refractivity contribution >= 4 is 55.8 Å². The number of amides is 1. The molecule has 0 saturated heterocycles. The highest BCUT2D eigenvalue weighted by Crippen LogP contribution is 2.24. The summed E-state index contributed by atoms with van der Waals surface area (Å²) in [5.74, 6) is -0.447. The van der Waals surface area contributed by atoms with Gasteiger partial charge >= 0.3 is 0 Å². The highest BCUT2D eigenvalue weighted by atomic mass is 127. The maximum absolute atomic E-state index is 12.3. The summed E-state index contributed by atoms with van der Waals surface area (Å²) in [5.41, 5.74) is 3.54. The summed E-state index contributed by atoms with van der Waals surface area (Å²) in [6.07, 6.45) is 1.41. The Morgan fingerprint density at radius 1 is 1.21 bits per heavy atom. The summed E-state index contributed by atoms with van der Waals surface area (Å²) in [4.78, 5) is 12.3. The van der Waals surface area contributed by atoms with E-state index in [1.807, 2.05) is 56.3 Å². The number of carbonyl (C=O) groups excluding carboxylic acids is 1. The average Bonchev–Trinajstić information content (AvgIpc) is 2.52. The van der Waals surface area contributed by atoms with Gasteiger partial charge in [0.1, 0.15) is 11.6 Å². The van der Waals surface area contributed by atoms with E-state index in [0.717, 1.165) is 24.9 Å². The zero-order valence-corrected chi connectivity index (χ0v) is 16.9. The average molecular weight is 496 g/mol. The molecule has 2 aromatic rings. The summed E-state index contributed by atoms with van der Waals surface area (Å²) in [5, 5.41) is 15.0. The maximum Gasteiger partial charge on any atom is 0.267 e. The molecule has 2 N–H and O–H groups in total. The minimum Gasteiger partial charge on any atom is -0.359 e. The van der Waals surface area contributed by atoms with Crippen LogP contribution >= 0.6 is 38.5 Å². The minimum absolute atomic E-state index is 0.000394. The molecule has 6 heteroatoms. The van der Waals surface area contributed by atoms with E-state index in [9.17, 15) is 10.1 Å². The van der Waals surface area contributed by atoms with Crippen molar-refractivity contribution < 1.29 is 4.79 Å². The number of hydrogen-bond acceptors (Lipinski definition) is 3. The molecule has 0 aliphatic rings. The largest absolute Gasteiger partial charge is 0.359 e. The van der Waals surface area contributed by atoms with Crippen LogP contribution in [0.25, 0.3) is 0 Å². The number of rotatable bonds is 4. The van der Waals surface area contributed by atoms with Crippen LogP contribution < -0.4 is 10.6 Å². The Morgan fingerprint density at radius 2 is 1.92 bits per heavy atom. The molecule has 0 aliphatic carbocycles. The van der Waals surface area contributed by atoms with Gasteiger partial charge in [-0.1, -0.05) is 6.07 Å². The van der Waals surface area contributed by atoms with Crippen LogP contribution in [0.3, 0.4) is 0 Å². The molecular weight excluding hydrogens is 481 g/mol. The molecule has 0 heterocycles. The number of nitrogens with zero attached hydrogens (tertiary/aromatic N) is 1. The van der Waals surface area contributed by atoms with Crippen LogP contribution in [0.15, 0.2) is 52.6 Å². The van der Waals surface area contributed by atoms with Crippen molar-refractivity contribution in [1.82, 2.24) is 0 Å². The Hall–Kier alpha value is -1.85. The fourth-order valence-electron chi connectivity index (χ4n) is 1.99. The zero-order chi connectivity index (χ0) is 17.7. The lowest BCUT2D eigenvalue weighted by molar-refractivity contribution is -0.112. The third-order valence-electron chi connectivity index (χ3n) is 3.30. The number of benzene rings is 2. The molecule has 2 rings (SSSR count). The molecule has 0 unspecified atom stereocenters. The summed E-state index contributed by atoms with van der Waals surface area (Å²) in [7, 11) is 0. The standard InChI is InChI=1S/C18H15BrIN3O/c1-11-3-5-17(15(19)7-11)22-10-13(9-21)18(24)23-16-6-4-14(20)8-12(16)2/h3-8,10,22H,1-2H3,(H,23,24)/b13-10-. The van der Waals surface area contributed by atoms with E-state index in [4.69, 9.17) is 0 Å². The lowest BCUT2D eigenvalue weighted by Gasteiger charge is -2.09. The fourth-order valence-corrected chi connectivity index (χ4v) is 3.25. The van der Waals surface area contributed by atoms with Crippen LogP contribution in [0.2, 0.25) is 0 Å². The Bertz CT molecular complexity index is 856. The molecule has 24 heavy (non-hydrogen) atoms. The fraction of sp³-hybridized carbons (Fsp3) is 0.111. The van der Waals surface area contributed by atoms with Crippen molar-refractivity contribution in [3.63, 3.8) is 0 Å². The predicted molar refractivity (Wildman–Crippen MR) is 109 cm³/mol. The van der Waals surface area contributed by atoms with E-state index < -0.39 is 5.91 Å². The summed E-state index contributed by atoms with van der Waals surface area (Å²) >= 11 is 5.66. The van der Waals surface area contributed by atoms with Gasteiger partial charge in [0.15, 0.2) is 0 Å². The highest BCUT2D eigenvalue weighted by Gasteiger charge is 2.11. The van der Waals surface area contributed by atoms with Gasteiger partial charge in [-0.15, -0.1) is 0 Å². The predicted octanol–water partition coefficient (Wildman–Crippen LogP) is 5.13. The van der Waals surface area contributed by atoms with Gasteiger partial charge in [-0.05, 0) is 93.8 Å². The number of hydrogen-bond donors (Lipinski definition) is 2. The number of nitrogens with one attached hydrogen (secondary N) is 2. The molecule has 0 aromatic heterocycles. The summed E-state index contributed by atoms with van der Waals surface area (Å²) in [6, 6.07) is 13.4. The number of anilines is 2. The first-order chi connectivity index (χ1) is 11.4. The first-order valence-corrected chi connectivity index (χ1v) is 8.98. The number of halogens is 2. The molecule has 0 radical (unpaired) electrons. The third-order valence-corrected chi connectivity index (χ3v) is 4.63. The normalized spacial score (nSPS) is 10.9. The van der Waals surface area contributed by atoms with Gasteiger partial charge in [0, 0.05) is 19.9 Å². The van der Waals surface area contributed by atoms with Gasteiger partial charge in [-0.25, -0.2) is 0 Å². The molecule has 0 aliphatic heterocycles. The molecule has 0 saturated carbocycles. The van der Waals surface area contributed by atoms with Gasteiger partial charge in [0.25, 0.3) is 5.91 Å². The Balaban J connectivity index is 2.15. The highest BCUT2D eigenvalue weighted by molar-refractivity contribution is 14.1. The van der Waals surface area contributed by atoms with Crippen LogP contribution in [-0.4, -0.2) is 5.91 Å². The molecular formula is C18H15BrIN3O. The van der Waals surface area contributed by atoms with E-state index in [2.05, 4.69) is 49.2 Å². The second kappa shape index (κ2) is 8.31. The second-order valence-corrected chi connectivity index (χ2v) is 7.31. The first kappa shape index (κ1) is 18.5. The Morgan fingerprint density at radius 3 is 2.54 bits per heavy atom. The topological polar surface area (TPSA) is 64.9 Å². The monoisotopic (exact) mass is 495 g/mol. The lowest BCUT2D eigenvalue weighted by atomic mass is 10.2. The third kappa shape index (κ3) is 4.82. The van der Waals surface area contributed by atoms with Crippen LogP contribution in [0.1, 0.15) is 11.1 Å². The van der Waals surface area contributed by atoms with E-state index in [-0.39, 0.29) is 5.57 Å². The van der Waals surface area contributed by atoms with E-state index in [1.165, 1.54) is 6.20 Å². The summed E-state index contributed by atoms with van der Waals surface area (Å²) in [6.45, 7) is 3.90. The SMILES string of the molecule is Cc1ccc(N/C=C(/C#N)C(=O)Nc2ccc(I)cc2C)c(Br)c1. The Kier molecular flexibility index (Phi) is 6.40. The van der Waals surface area contributed by atoms with Crippen molar-refractivity contribution in [2.45, 2.75) is 13.8 Å². The zero-order valence-electron chi connectivity index (χ0n) is 13.2. The van der Waals surface area contributed by atoms with Crippen molar-refractivity contribution in [3.05, 3.63) is 67.3 Å². The molecule has 0 fully saturated rings. The summed E-state index contributed by atoms with van der Waals surface area (Å²) < 4.78 is 1.95. The minimum atomic E-state index is -0.447. The quantitative estimate of drug-likeness (QED) is 0.351. The Labute approximate surface area is 163 Å². The van der Waals surface area contributed by atoms with E-state index in [1.54, 1.807) is 0 Å². The molecule has 0 bridgehead atoms. The van der Waals surface area contributed by atoms with E-state index in [0.29, 0.717) is 5.69 Å². The van der Waals surface area contributed by atoms with Crippen molar-refractivity contribution in [1.29, 1.82) is 5.26 Å². The molecule has 0 atom stereocenters. The van der Waals surface area contributed by atoms with Gasteiger partial charge < -0.3 is 10.6 Å². The van der Waals surface area contributed by atoms with Gasteiger partial charge in [-0.2, -0.15) is 5.26 Å². The second-order valence-electron chi connectivity index (χ2n) is 5.21. The first-order valence-electron chi connectivity index (χ1n) is 7.11. The molecule has 1 amide bonds. The number of aryl methyl sites for hydroxylation is 2. The van der Waals surface area contributed by atoms with Crippen molar-refractivity contribution in [3.8, 4) is 6.07 Å². The van der Waals surface area contributed by atoms with Crippen molar-refractivity contribution in [2.75, 3.05) is 10.6 Å².